The lowest BCUT2D eigenvalue weighted by Gasteiger charge is -2.43. The van der Waals surface area contributed by atoms with E-state index in [9.17, 15) is 18.0 Å². The topological polar surface area (TPSA) is 55.0 Å². The number of aromatic nitrogens is 2. The number of aromatic amines is 1. The number of hydrogen-bond acceptors (Lipinski definition) is 3. The van der Waals surface area contributed by atoms with Gasteiger partial charge in [0.2, 0.25) is 0 Å². The molecule has 0 aliphatic carbocycles. The molecule has 1 fully saturated rings. The minimum absolute atomic E-state index is 0.232. The van der Waals surface area contributed by atoms with Gasteiger partial charge in [-0.25, -0.2) is 4.79 Å². The molecule has 1 aliphatic heterocycles. The second kappa shape index (κ2) is 9.84. The van der Waals surface area contributed by atoms with Gasteiger partial charge in [-0.1, -0.05) is 54.4 Å². The zero-order valence-electron chi connectivity index (χ0n) is 19.0. The highest BCUT2D eigenvalue weighted by molar-refractivity contribution is 6.30. The Labute approximate surface area is 211 Å². The Balaban J connectivity index is 1.51. The van der Waals surface area contributed by atoms with Gasteiger partial charge in [0.05, 0.1) is 11.4 Å². The Hall–Kier alpha value is -2.55. The number of carbonyl (C=O) groups is 1. The molecule has 35 heavy (non-hydrogen) atoms. The Morgan fingerprint density at radius 1 is 1.06 bits per heavy atom. The van der Waals surface area contributed by atoms with Gasteiger partial charge in [0.25, 0.3) is 0 Å². The van der Waals surface area contributed by atoms with Crippen LogP contribution in [0.2, 0.25) is 10.0 Å². The molecule has 1 saturated heterocycles. The van der Waals surface area contributed by atoms with E-state index in [1.807, 2.05) is 37.3 Å². The molecule has 0 radical (unpaired) electrons. The Morgan fingerprint density at radius 2 is 1.63 bits per heavy atom. The average molecular weight is 527 g/mol. The first kappa shape index (κ1) is 25.5. The van der Waals surface area contributed by atoms with Crippen LogP contribution in [0.5, 0.6) is 0 Å². The maximum Gasteiger partial charge on any atom is 0.497 e. The second-order valence-electron chi connectivity index (χ2n) is 9.22. The number of carbonyl (C=O) groups excluding carboxylic acids is 1. The summed E-state index contributed by atoms with van der Waals surface area (Å²) in [6, 6.07) is 16.4. The van der Waals surface area contributed by atoms with Crippen LogP contribution >= 0.6 is 23.2 Å². The van der Waals surface area contributed by atoms with Gasteiger partial charge in [0.15, 0.2) is 0 Å². The summed E-state index contributed by atoms with van der Waals surface area (Å²) in [5, 5.41) is 8.75. The van der Waals surface area contributed by atoms with E-state index < -0.39 is 12.1 Å². The number of benzene rings is 2. The number of nitrogens with one attached hydrogen (secondary N) is 1. The standard InChI is InChI=1S/C25H25Cl2F3N3O2/c1-24(22-16-21(31-32-22)18-4-8-20(27)9-5-18)11-14-33(15-12-24,35-23(34)25(28,29)30)13-10-17-2-6-19(26)7-3-17/h2-9,16H,10-15H2,1H3,(H,31,32)/q+1. The van der Waals surface area contributed by atoms with Gasteiger partial charge in [-0.2, -0.15) is 18.3 Å². The van der Waals surface area contributed by atoms with E-state index in [0.29, 0.717) is 29.3 Å². The summed E-state index contributed by atoms with van der Waals surface area (Å²) in [5.74, 6) is -2.16. The normalized spacial score (nSPS) is 22.7. The first-order valence-electron chi connectivity index (χ1n) is 11.2. The Bertz CT molecular complexity index is 1170. The molecule has 4 rings (SSSR count). The van der Waals surface area contributed by atoms with Crippen molar-refractivity contribution in [3.05, 3.63) is 75.9 Å². The maximum absolute atomic E-state index is 13.1. The maximum atomic E-state index is 13.1. The highest BCUT2D eigenvalue weighted by atomic mass is 35.5. The summed E-state index contributed by atoms with van der Waals surface area (Å²) in [5.41, 5.74) is 3.10. The van der Waals surface area contributed by atoms with Crippen LogP contribution in [0.1, 0.15) is 31.0 Å². The molecule has 1 N–H and O–H groups in total. The van der Waals surface area contributed by atoms with Crippen LogP contribution in [0.3, 0.4) is 0 Å². The summed E-state index contributed by atoms with van der Waals surface area (Å²) >= 11 is 11.9. The number of hydrogen-bond donors (Lipinski definition) is 1. The molecule has 0 saturated carbocycles. The van der Waals surface area contributed by atoms with Crippen LogP contribution in [-0.2, 0) is 21.5 Å². The number of nitrogens with zero attached hydrogens (tertiary/aromatic N) is 2. The molecular formula is C25H25Cl2F3N3O2+. The molecule has 0 atom stereocenters. The van der Waals surface area contributed by atoms with Crippen molar-refractivity contribution in [3.63, 3.8) is 0 Å². The first-order valence-corrected chi connectivity index (χ1v) is 12.0. The van der Waals surface area contributed by atoms with Gasteiger partial charge in [0, 0.05) is 34.7 Å². The van der Waals surface area contributed by atoms with E-state index in [-0.39, 0.29) is 29.7 Å². The van der Waals surface area contributed by atoms with Gasteiger partial charge < -0.3 is 0 Å². The van der Waals surface area contributed by atoms with Crippen molar-refractivity contribution in [1.82, 2.24) is 10.2 Å². The number of hydroxylamine groups is 3. The SMILES string of the molecule is CC1(c2cc(-c3ccc(Cl)cc3)[nH]n2)CC[N+](CCc2ccc(Cl)cc2)(OC(=O)C(F)(F)F)CC1. The van der Waals surface area contributed by atoms with Gasteiger partial charge in [0.1, 0.15) is 19.6 Å². The van der Waals surface area contributed by atoms with Crippen LogP contribution in [0.25, 0.3) is 11.3 Å². The van der Waals surface area contributed by atoms with E-state index in [4.69, 9.17) is 28.0 Å². The Kier molecular flexibility index (Phi) is 7.18. The molecule has 0 unspecified atom stereocenters. The molecule has 0 spiro atoms. The zero-order chi connectivity index (χ0) is 25.3. The number of likely N-dealkylation sites (tertiary alicyclic amines) is 1. The molecule has 3 aromatic rings. The monoisotopic (exact) mass is 526 g/mol. The van der Waals surface area contributed by atoms with Gasteiger partial charge in [-0.3, -0.25) is 9.94 Å². The zero-order valence-corrected chi connectivity index (χ0v) is 20.6. The minimum Gasteiger partial charge on any atom is -0.278 e. The fraction of sp³-hybridized carbons (Fsp3) is 0.360. The highest BCUT2D eigenvalue weighted by Gasteiger charge is 2.51. The number of rotatable bonds is 6. The molecule has 10 heteroatoms. The van der Waals surface area contributed by atoms with Crippen LogP contribution in [0.15, 0.2) is 54.6 Å². The Morgan fingerprint density at radius 3 is 2.20 bits per heavy atom. The van der Waals surface area contributed by atoms with Gasteiger partial charge in [-0.15, -0.1) is 4.65 Å². The summed E-state index contributed by atoms with van der Waals surface area (Å²) in [6.07, 6.45) is -3.60. The van der Waals surface area contributed by atoms with E-state index >= 15 is 0 Å². The lowest BCUT2D eigenvalue weighted by molar-refractivity contribution is -1.09. The lowest BCUT2D eigenvalue weighted by Crippen LogP contribution is -2.58. The predicted octanol–water partition coefficient (Wildman–Crippen LogP) is 6.52. The van der Waals surface area contributed by atoms with Gasteiger partial charge >= 0.3 is 12.1 Å². The van der Waals surface area contributed by atoms with Crippen molar-refractivity contribution in [2.75, 3.05) is 19.6 Å². The van der Waals surface area contributed by atoms with Crippen LogP contribution in [0.4, 0.5) is 13.2 Å². The van der Waals surface area contributed by atoms with E-state index in [0.717, 1.165) is 22.5 Å². The minimum atomic E-state index is -5.05. The third kappa shape index (κ3) is 6.00. The van der Waals surface area contributed by atoms with Crippen molar-refractivity contribution in [2.45, 2.75) is 37.8 Å². The largest absolute Gasteiger partial charge is 0.497 e. The smallest absolute Gasteiger partial charge is 0.278 e. The van der Waals surface area contributed by atoms with Crippen molar-refractivity contribution < 1.29 is 27.4 Å². The fourth-order valence-corrected chi connectivity index (χ4v) is 4.63. The summed E-state index contributed by atoms with van der Waals surface area (Å²) in [4.78, 5) is 16.9. The summed E-state index contributed by atoms with van der Waals surface area (Å²) in [7, 11) is 0. The van der Waals surface area contributed by atoms with Crippen LogP contribution in [0, 0.1) is 0 Å². The first-order chi connectivity index (χ1) is 16.5. The molecule has 2 heterocycles. The highest BCUT2D eigenvalue weighted by Crippen LogP contribution is 2.39. The molecule has 1 aliphatic rings. The molecule has 186 valence electrons. The molecular weight excluding hydrogens is 502 g/mol. The van der Waals surface area contributed by atoms with Crippen molar-refractivity contribution in [2.24, 2.45) is 0 Å². The third-order valence-electron chi connectivity index (χ3n) is 6.72. The second-order valence-corrected chi connectivity index (χ2v) is 10.1. The number of alkyl halides is 3. The van der Waals surface area contributed by atoms with Crippen LogP contribution in [-0.4, -0.2) is 46.6 Å². The molecule has 2 aromatic carbocycles. The molecule has 1 aromatic heterocycles. The molecule has 0 amide bonds. The van der Waals surface area contributed by atoms with Gasteiger partial charge in [-0.05, 0) is 41.5 Å². The number of quaternary nitrogens is 1. The van der Waals surface area contributed by atoms with E-state index in [1.165, 1.54) is 0 Å². The van der Waals surface area contributed by atoms with E-state index in [1.54, 1.807) is 24.3 Å². The van der Waals surface area contributed by atoms with Crippen LogP contribution < -0.4 is 0 Å². The number of piperidine rings is 1. The summed E-state index contributed by atoms with van der Waals surface area (Å²) in [6.45, 7) is 2.76. The fourth-order valence-electron chi connectivity index (χ4n) is 4.37. The average Bonchev–Trinajstić information content (AvgIpc) is 3.32. The van der Waals surface area contributed by atoms with E-state index in [2.05, 4.69) is 10.2 Å². The lowest BCUT2D eigenvalue weighted by atomic mass is 9.77. The summed E-state index contributed by atoms with van der Waals surface area (Å²) < 4.78 is 38.8. The van der Waals surface area contributed by atoms with Crippen molar-refractivity contribution in [3.8, 4) is 11.3 Å². The third-order valence-corrected chi connectivity index (χ3v) is 7.23. The van der Waals surface area contributed by atoms with Crippen molar-refractivity contribution in [1.29, 1.82) is 0 Å². The molecule has 0 bridgehead atoms. The number of halogens is 5. The predicted molar refractivity (Wildman–Crippen MR) is 128 cm³/mol. The quantitative estimate of drug-likeness (QED) is 0.372. The molecule has 5 nitrogen and oxygen atoms in total. The van der Waals surface area contributed by atoms with Crippen molar-refractivity contribution >= 4 is 29.2 Å². The number of H-pyrrole nitrogens is 1.